The van der Waals surface area contributed by atoms with Crippen LogP contribution >= 0.6 is 0 Å². The van der Waals surface area contributed by atoms with Crippen LogP contribution in [0.2, 0.25) is 0 Å². The molecular formula is C50H38N4. The fourth-order valence-electron chi connectivity index (χ4n) is 8.27. The van der Waals surface area contributed by atoms with Crippen LogP contribution in [0.3, 0.4) is 0 Å². The van der Waals surface area contributed by atoms with Gasteiger partial charge in [-0.25, -0.2) is 0 Å². The van der Waals surface area contributed by atoms with Gasteiger partial charge in [-0.3, -0.25) is 0 Å². The van der Waals surface area contributed by atoms with Gasteiger partial charge in [0.1, 0.15) is 0 Å². The van der Waals surface area contributed by atoms with E-state index in [1.54, 1.807) is 0 Å². The van der Waals surface area contributed by atoms with Gasteiger partial charge in [0.25, 0.3) is 0 Å². The van der Waals surface area contributed by atoms with E-state index in [1.165, 1.54) is 43.6 Å². The average Bonchev–Trinajstić information content (AvgIpc) is 3.68. The summed E-state index contributed by atoms with van der Waals surface area (Å²) in [6.45, 7) is 0. The fraction of sp³-hybridized carbons (Fsp3) is 0.0400. The lowest BCUT2D eigenvalue weighted by Crippen LogP contribution is -2.10. The maximum absolute atomic E-state index is 2.36. The van der Waals surface area contributed by atoms with Gasteiger partial charge in [0.15, 0.2) is 0 Å². The van der Waals surface area contributed by atoms with Crippen molar-refractivity contribution >= 4 is 77.7 Å². The lowest BCUT2D eigenvalue weighted by Gasteiger charge is -2.27. The predicted octanol–water partition coefficient (Wildman–Crippen LogP) is 13.6. The van der Waals surface area contributed by atoms with Crippen molar-refractivity contribution in [3.8, 4) is 11.1 Å². The van der Waals surface area contributed by atoms with Crippen molar-refractivity contribution < 1.29 is 0 Å². The fourth-order valence-corrected chi connectivity index (χ4v) is 8.27. The Morgan fingerprint density at radius 3 is 1.07 bits per heavy atom. The summed E-state index contributed by atoms with van der Waals surface area (Å²) in [6.07, 6.45) is 0. The third kappa shape index (κ3) is 5.22. The third-order valence-electron chi connectivity index (χ3n) is 10.9. The van der Waals surface area contributed by atoms with Crippen LogP contribution in [0.15, 0.2) is 194 Å². The first-order valence-corrected chi connectivity index (χ1v) is 18.5. The van der Waals surface area contributed by atoms with Crippen molar-refractivity contribution in [2.24, 2.45) is 14.1 Å². The zero-order valence-corrected chi connectivity index (χ0v) is 30.3. The predicted molar refractivity (Wildman–Crippen MR) is 229 cm³/mol. The van der Waals surface area contributed by atoms with Crippen molar-refractivity contribution in [3.05, 3.63) is 194 Å². The molecule has 0 atom stereocenters. The topological polar surface area (TPSA) is 16.3 Å². The van der Waals surface area contributed by atoms with Crippen molar-refractivity contribution in [1.82, 2.24) is 9.13 Å². The Labute approximate surface area is 315 Å². The Morgan fingerprint density at radius 2 is 0.630 bits per heavy atom. The van der Waals surface area contributed by atoms with Crippen LogP contribution in [0.4, 0.5) is 34.1 Å². The summed E-state index contributed by atoms with van der Waals surface area (Å²) in [5.41, 5.74) is 13.8. The molecule has 0 aliphatic carbocycles. The second kappa shape index (κ2) is 12.9. The van der Waals surface area contributed by atoms with E-state index in [9.17, 15) is 0 Å². The average molecular weight is 695 g/mol. The highest BCUT2D eigenvalue weighted by Gasteiger charge is 2.19. The van der Waals surface area contributed by atoms with Crippen molar-refractivity contribution in [1.29, 1.82) is 0 Å². The summed E-state index contributed by atoms with van der Waals surface area (Å²) in [6, 6.07) is 70.1. The van der Waals surface area contributed by atoms with Gasteiger partial charge in [0, 0.05) is 80.8 Å². The lowest BCUT2D eigenvalue weighted by molar-refractivity contribution is 1.01. The molecule has 0 spiro atoms. The molecule has 54 heavy (non-hydrogen) atoms. The maximum Gasteiger partial charge on any atom is 0.0509 e. The number of aromatic nitrogens is 2. The smallest absolute Gasteiger partial charge is 0.0509 e. The molecular weight excluding hydrogens is 657 g/mol. The molecule has 10 aromatic rings. The molecule has 0 unspecified atom stereocenters. The third-order valence-corrected chi connectivity index (χ3v) is 10.9. The number of aryl methyl sites for hydroxylation is 2. The summed E-state index contributed by atoms with van der Waals surface area (Å²) in [5, 5.41) is 5.07. The molecule has 0 saturated carbocycles. The number of hydrogen-bond donors (Lipinski definition) is 0. The van der Waals surface area contributed by atoms with Gasteiger partial charge in [-0.05, 0) is 96.1 Å². The molecule has 0 bridgehead atoms. The first-order chi connectivity index (χ1) is 26.6. The zero-order chi connectivity index (χ0) is 36.2. The van der Waals surface area contributed by atoms with Crippen LogP contribution in [0, 0.1) is 0 Å². The Morgan fingerprint density at radius 1 is 0.278 bits per heavy atom. The second-order valence-corrected chi connectivity index (χ2v) is 14.0. The van der Waals surface area contributed by atoms with Gasteiger partial charge in [-0.1, -0.05) is 109 Å². The van der Waals surface area contributed by atoms with Gasteiger partial charge in [0.2, 0.25) is 0 Å². The van der Waals surface area contributed by atoms with Gasteiger partial charge >= 0.3 is 0 Å². The maximum atomic E-state index is 2.36. The standard InChI is InChI=1S/C50H38N4/c1-51-47-25-11-9-23-43(47)45-29-27-41(33-49(45)51)53(37-17-5-3-6-18-37)39-21-13-15-35(31-39)36-16-14-22-40(32-36)54(38-19-7-4-8-20-38)42-28-30-46-44-24-10-12-26-48(44)52(2)50(46)34-42/h3-34H,1-2H3. The second-order valence-electron chi connectivity index (χ2n) is 14.0. The molecule has 0 saturated heterocycles. The molecule has 0 fully saturated rings. The summed E-state index contributed by atoms with van der Waals surface area (Å²) in [7, 11) is 4.32. The van der Waals surface area contributed by atoms with E-state index in [2.05, 4.69) is 227 Å². The number of rotatable bonds is 7. The minimum absolute atomic E-state index is 1.10. The van der Waals surface area contributed by atoms with Crippen LogP contribution in [0.25, 0.3) is 54.7 Å². The van der Waals surface area contributed by atoms with E-state index in [0.717, 1.165) is 45.3 Å². The molecule has 0 radical (unpaired) electrons. The molecule has 2 aromatic heterocycles. The van der Waals surface area contributed by atoms with Gasteiger partial charge < -0.3 is 18.9 Å². The summed E-state index contributed by atoms with van der Waals surface area (Å²) in [5.74, 6) is 0. The summed E-state index contributed by atoms with van der Waals surface area (Å²) >= 11 is 0. The molecule has 2 heterocycles. The molecule has 10 rings (SSSR count). The quantitative estimate of drug-likeness (QED) is 0.165. The number of para-hydroxylation sites is 4. The Hall–Kier alpha value is -7.04. The molecule has 8 aromatic carbocycles. The first-order valence-electron chi connectivity index (χ1n) is 18.5. The Balaban J connectivity index is 1.08. The minimum Gasteiger partial charge on any atom is -0.344 e. The van der Waals surface area contributed by atoms with Gasteiger partial charge in [-0.2, -0.15) is 0 Å². The van der Waals surface area contributed by atoms with E-state index in [1.807, 2.05) is 0 Å². The molecule has 258 valence electrons. The molecule has 4 nitrogen and oxygen atoms in total. The normalized spacial score (nSPS) is 11.5. The number of fused-ring (bicyclic) bond motifs is 6. The largest absolute Gasteiger partial charge is 0.344 e. The number of nitrogens with zero attached hydrogens (tertiary/aromatic N) is 4. The molecule has 0 N–H and O–H groups in total. The number of anilines is 6. The minimum atomic E-state index is 1.10. The van der Waals surface area contributed by atoms with Crippen LogP contribution in [0.1, 0.15) is 0 Å². The molecule has 4 heteroatoms. The van der Waals surface area contributed by atoms with E-state index in [0.29, 0.717) is 0 Å². The van der Waals surface area contributed by atoms with Crippen LogP contribution in [0.5, 0.6) is 0 Å². The number of hydrogen-bond acceptors (Lipinski definition) is 2. The zero-order valence-electron chi connectivity index (χ0n) is 30.3. The monoisotopic (exact) mass is 694 g/mol. The summed E-state index contributed by atoms with van der Waals surface area (Å²) < 4.78 is 4.60. The molecule has 0 amide bonds. The number of benzene rings is 8. The van der Waals surface area contributed by atoms with Gasteiger partial charge in [0.05, 0.1) is 11.0 Å². The van der Waals surface area contributed by atoms with Gasteiger partial charge in [-0.15, -0.1) is 0 Å². The first kappa shape index (κ1) is 31.7. The van der Waals surface area contributed by atoms with E-state index in [-0.39, 0.29) is 0 Å². The molecule has 0 aliphatic rings. The lowest BCUT2D eigenvalue weighted by atomic mass is 10.0. The Bertz CT molecular complexity index is 2770. The van der Waals surface area contributed by atoms with Crippen molar-refractivity contribution in [3.63, 3.8) is 0 Å². The van der Waals surface area contributed by atoms with Crippen LogP contribution in [-0.4, -0.2) is 9.13 Å². The molecule has 0 aliphatic heterocycles. The highest BCUT2D eigenvalue weighted by Crippen LogP contribution is 2.42. The van der Waals surface area contributed by atoms with E-state index < -0.39 is 0 Å². The highest BCUT2D eigenvalue weighted by atomic mass is 15.1. The highest BCUT2D eigenvalue weighted by molar-refractivity contribution is 6.10. The van der Waals surface area contributed by atoms with Crippen molar-refractivity contribution in [2.75, 3.05) is 9.80 Å². The Kier molecular flexibility index (Phi) is 7.55. The van der Waals surface area contributed by atoms with E-state index >= 15 is 0 Å². The SMILES string of the molecule is Cn1c2ccccc2c2ccc(N(c3ccccc3)c3cccc(-c4cccc(N(c5ccccc5)c5ccc6c7ccccc7n(C)c6c5)c4)c3)cc21. The van der Waals surface area contributed by atoms with Crippen LogP contribution in [-0.2, 0) is 14.1 Å². The summed E-state index contributed by atoms with van der Waals surface area (Å²) in [4.78, 5) is 4.72. The van der Waals surface area contributed by atoms with Crippen LogP contribution < -0.4 is 9.80 Å². The van der Waals surface area contributed by atoms with Crippen molar-refractivity contribution in [2.45, 2.75) is 0 Å². The van der Waals surface area contributed by atoms with E-state index in [4.69, 9.17) is 0 Å².